The molecule has 3 heterocycles. The van der Waals surface area contributed by atoms with E-state index in [4.69, 9.17) is 0 Å². The number of carbonyl (C=O) groups is 2. The molecule has 8 heteroatoms. The van der Waals surface area contributed by atoms with E-state index >= 15 is 0 Å². The Morgan fingerprint density at radius 3 is 2.46 bits per heavy atom. The van der Waals surface area contributed by atoms with Crippen LogP contribution in [0.25, 0.3) is 10.9 Å². The summed E-state index contributed by atoms with van der Waals surface area (Å²) < 4.78 is 1.25. The van der Waals surface area contributed by atoms with E-state index in [1.807, 2.05) is 11.0 Å². The Hall–Kier alpha value is -2.77. The van der Waals surface area contributed by atoms with Crippen molar-refractivity contribution in [2.24, 2.45) is 5.92 Å². The molecule has 0 saturated carbocycles. The summed E-state index contributed by atoms with van der Waals surface area (Å²) >= 11 is 0. The van der Waals surface area contributed by atoms with Crippen molar-refractivity contribution in [3.05, 3.63) is 34.6 Å². The lowest BCUT2D eigenvalue weighted by molar-refractivity contribution is -0.140. The van der Waals surface area contributed by atoms with Crippen molar-refractivity contribution in [2.45, 2.75) is 38.6 Å². The second-order valence-corrected chi connectivity index (χ2v) is 7.57. The number of aromatic nitrogens is 3. The maximum Gasteiger partial charge on any atom is 0.277 e. The number of aryl methyl sites for hydroxylation is 1. The smallest absolute Gasteiger partial charge is 0.277 e. The topological polar surface area (TPSA) is 88.4 Å². The lowest BCUT2D eigenvalue weighted by atomic mass is 9.95. The molecule has 2 aliphatic heterocycles. The van der Waals surface area contributed by atoms with Crippen molar-refractivity contribution in [2.75, 3.05) is 26.2 Å². The van der Waals surface area contributed by atoms with Gasteiger partial charge in [-0.1, -0.05) is 17.3 Å². The van der Waals surface area contributed by atoms with Crippen molar-refractivity contribution in [1.82, 2.24) is 24.8 Å². The van der Waals surface area contributed by atoms with Gasteiger partial charge in [0.2, 0.25) is 11.8 Å². The van der Waals surface area contributed by atoms with Crippen molar-refractivity contribution in [1.29, 1.82) is 0 Å². The van der Waals surface area contributed by atoms with E-state index in [0.29, 0.717) is 24.0 Å². The Morgan fingerprint density at radius 2 is 1.71 bits per heavy atom. The second-order valence-electron chi connectivity index (χ2n) is 7.57. The first-order chi connectivity index (χ1) is 13.6. The van der Waals surface area contributed by atoms with Crippen LogP contribution in [0.15, 0.2) is 29.1 Å². The Kier molecular flexibility index (Phi) is 5.36. The number of amides is 2. The summed E-state index contributed by atoms with van der Waals surface area (Å²) in [5.74, 6) is 0.285. The summed E-state index contributed by atoms with van der Waals surface area (Å²) in [6.07, 6.45) is 3.84. The molecule has 0 bridgehead atoms. The molecule has 0 N–H and O–H groups in total. The van der Waals surface area contributed by atoms with Gasteiger partial charge in [-0.15, -0.1) is 5.10 Å². The van der Waals surface area contributed by atoms with Gasteiger partial charge in [0.15, 0.2) is 0 Å². The fraction of sp³-hybridized carbons (Fsp3) is 0.550. The van der Waals surface area contributed by atoms with Crippen molar-refractivity contribution in [3.63, 3.8) is 0 Å². The molecule has 0 atom stereocenters. The molecular formula is C20H25N5O3. The molecule has 1 aromatic heterocycles. The molecule has 0 aliphatic carbocycles. The van der Waals surface area contributed by atoms with Gasteiger partial charge in [-0.2, -0.15) is 0 Å². The van der Waals surface area contributed by atoms with Crippen LogP contribution < -0.4 is 5.56 Å². The summed E-state index contributed by atoms with van der Waals surface area (Å²) in [6, 6.07) is 7.05. The number of hydrogen-bond donors (Lipinski definition) is 0. The lowest BCUT2D eigenvalue weighted by Crippen LogP contribution is -2.44. The Balaban J connectivity index is 1.31. The van der Waals surface area contributed by atoms with Crippen LogP contribution in [0.4, 0.5) is 0 Å². The summed E-state index contributed by atoms with van der Waals surface area (Å²) in [6.45, 7) is 3.16. The quantitative estimate of drug-likeness (QED) is 0.787. The van der Waals surface area contributed by atoms with E-state index in [0.717, 1.165) is 38.8 Å². The first-order valence-electron chi connectivity index (χ1n) is 10.0. The van der Waals surface area contributed by atoms with Gasteiger partial charge in [-0.3, -0.25) is 14.4 Å². The van der Waals surface area contributed by atoms with Gasteiger partial charge in [0.25, 0.3) is 5.56 Å². The van der Waals surface area contributed by atoms with Gasteiger partial charge in [0.1, 0.15) is 5.52 Å². The van der Waals surface area contributed by atoms with Gasteiger partial charge in [-0.05, 0) is 37.8 Å². The van der Waals surface area contributed by atoms with Gasteiger partial charge in [0.05, 0.1) is 11.9 Å². The molecule has 4 rings (SSSR count). The molecule has 8 nitrogen and oxygen atoms in total. The van der Waals surface area contributed by atoms with E-state index in [-0.39, 0.29) is 36.3 Å². The minimum atomic E-state index is -0.228. The molecule has 0 unspecified atom stereocenters. The molecule has 28 heavy (non-hydrogen) atoms. The predicted molar refractivity (Wildman–Crippen MR) is 104 cm³/mol. The highest BCUT2D eigenvalue weighted by atomic mass is 16.2. The zero-order chi connectivity index (χ0) is 19.5. The molecule has 1 aromatic carbocycles. The minimum Gasteiger partial charge on any atom is -0.343 e. The number of piperidine rings is 1. The molecule has 2 amide bonds. The maximum atomic E-state index is 12.5. The largest absolute Gasteiger partial charge is 0.343 e. The van der Waals surface area contributed by atoms with E-state index < -0.39 is 0 Å². The summed E-state index contributed by atoms with van der Waals surface area (Å²) in [5.41, 5.74) is 0.327. The normalized spacial score (nSPS) is 18.0. The number of nitrogens with zero attached hydrogens (tertiary/aromatic N) is 5. The van der Waals surface area contributed by atoms with E-state index in [9.17, 15) is 14.4 Å². The van der Waals surface area contributed by atoms with Gasteiger partial charge in [0, 0.05) is 38.5 Å². The SMILES string of the molecule is O=C(CCn1nnc2ccccc2c1=O)N1CCC(C(=O)N2CCCC2)CC1. The third-order valence-corrected chi connectivity index (χ3v) is 5.78. The summed E-state index contributed by atoms with van der Waals surface area (Å²) in [7, 11) is 0. The van der Waals surface area contributed by atoms with Crippen LogP contribution in [-0.2, 0) is 16.1 Å². The summed E-state index contributed by atoms with van der Waals surface area (Å²) in [4.78, 5) is 41.3. The average Bonchev–Trinajstić information content (AvgIpc) is 3.28. The van der Waals surface area contributed by atoms with E-state index in [1.54, 1.807) is 23.1 Å². The van der Waals surface area contributed by atoms with Crippen LogP contribution in [-0.4, -0.2) is 62.8 Å². The zero-order valence-electron chi connectivity index (χ0n) is 15.9. The van der Waals surface area contributed by atoms with Crippen LogP contribution in [0.3, 0.4) is 0 Å². The average molecular weight is 383 g/mol. The molecular weight excluding hydrogens is 358 g/mol. The van der Waals surface area contributed by atoms with Crippen LogP contribution in [0.1, 0.15) is 32.1 Å². The first kappa shape index (κ1) is 18.6. The van der Waals surface area contributed by atoms with Crippen LogP contribution in [0, 0.1) is 5.92 Å². The molecule has 0 spiro atoms. The molecule has 2 saturated heterocycles. The van der Waals surface area contributed by atoms with E-state index in [1.165, 1.54) is 4.68 Å². The second kappa shape index (κ2) is 8.08. The third-order valence-electron chi connectivity index (χ3n) is 5.78. The number of carbonyl (C=O) groups excluding carboxylic acids is 2. The molecule has 148 valence electrons. The monoisotopic (exact) mass is 383 g/mol. The summed E-state index contributed by atoms with van der Waals surface area (Å²) in [5, 5.41) is 8.49. The molecule has 2 fully saturated rings. The standard InChI is InChI=1S/C20H25N5O3/c26-18(9-14-25-20(28)16-5-1-2-6-17(16)21-22-25)23-12-7-15(8-13-23)19(27)24-10-3-4-11-24/h1-2,5-6,15H,3-4,7-14H2. The van der Waals surface area contributed by atoms with Crippen LogP contribution >= 0.6 is 0 Å². The number of hydrogen-bond acceptors (Lipinski definition) is 5. The van der Waals surface area contributed by atoms with Gasteiger partial charge in [-0.25, -0.2) is 4.68 Å². The van der Waals surface area contributed by atoms with Crippen molar-refractivity contribution < 1.29 is 9.59 Å². The third kappa shape index (κ3) is 3.76. The molecule has 2 aromatic rings. The fourth-order valence-corrected chi connectivity index (χ4v) is 4.10. The highest BCUT2D eigenvalue weighted by Crippen LogP contribution is 2.22. The van der Waals surface area contributed by atoms with Gasteiger partial charge < -0.3 is 9.80 Å². The number of likely N-dealkylation sites (tertiary alicyclic amines) is 2. The maximum absolute atomic E-state index is 12.5. The van der Waals surface area contributed by atoms with Crippen LogP contribution in [0.2, 0.25) is 0 Å². The first-order valence-corrected chi connectivity index (χ1v) is 10.0. The van der Waals surface area contributed by atoms with Crippen molar-refractivity contribution >= 4 is 22.7 Å². The number of fused-ring (bicyclic) bond motifs is 1. The van der Waals surface area contributed by atoms with E-state index in [2.05, 4.69) is 10.3 Å². The zero-order valence-corrected chi connectivity index (χ0v) is 15.9. The Labute approximate surface area is 163 Å². The van der Waals surface area contributed by atoms with Crippen molar-refractivity contribution in [3.8, 4) is 0 Å². The fourth-order valence-electron chi connectivity index (χ4n) is 4.10. The molecule has 2 aliphatic rings. The Bertz CT molecular complexity index is 927. The highest BCUT2D eigenvalue weighted by Gasteiger charge is 2.31. The lowest BCUT2D eigenvalue weighted by Gasteiger charge is -2.33. The number of benzene rings is 1. The molecule has 0 radical (unpaired) electrons. The highest BCUT2D eigenvalue weighted by molar-refractivity contribution is 5.80. The minimum absolute atomic E-state index is 0.00562. The van der Waals surface area contributed by atoms with Crippen LogP contribution in [0.5, 0.6) is 0 Å². The Morgan fingerprint density at radius 1 is 1.00 bits per heavy atom. The van der Waals surface area contributed by atoms with Gasteiger partial charge >= 0.3 is 0 Å². The predicted octanol–water partition coefficient (Wildman–Crippen LogP) is 1.04. The number of rotatable bonds is 4.